The van der Waals surface area contributed by atoms with E-state index in [9.17, 15) is 24.6 Å². The average Bonchev–Trinajstić information content (AvgIpc) is 3.86. The molecular formula is C40H47N5O7. The van der Waals surface area contributed by atoms with Crippen molar-refractivity contribution in [2.45, 2.75) is 86.2 Å². The van der Waals surface area contributed by atoms with Crippen molar-refractivity contribution in [3.63, 3.8) is 0 Å². The molecule has 5 heterocycles. The van der Waals surface area contributed by atoms with Crippen LogP contribution in [0.25, 0.3) is 0 Å². The number of rotatable bonds is 13. The third-order valence-electron chi connectivity index (χ3n) is 10.7. The first kappa shape index (κ1) is 36.8. The van der Waals surface area contributed by atoms with E-state index in [-0.39, 0.29) is 74.4 Å². The summed E-state index contributed by atoms with van der Waals surface area (Å²) in [5.41, 5.74) is 12.9. The van der Waals surface area contributed by atoms with Crippen molar-refractivity contribution in [1.29, 1.82) is 0 Å². The minimum atomic E-state index is -1.06. The summed E-state index contributed by atoms with van der Waals surface area (Å²) >= 11 is 0. The molecule has 5 aliphatic heterocycles. The monoisotopic (exact) mass is 709 g/mol. The van der Waals surface area contributed by atoms with Crippen LogP contribution >= 0.6 is 0 Å². The molecule has 0 radical (unpaired) electrons. The van der Waals surface area contributed by atoms with Gasteiger partial charge in [-0.25, -0.2) is 15.0 Å². The second-order valence-corrected chi connectivity index (χ2v) is 14.0. The molecule has 0 aromatic carbocycles. The molecule has 12 nitrogen and oxygen atoms in total. The molecule has 1 unspecified atom stereocenters. The number of carboxylic acid groups (broad SMARTS) is 1. The van der Waals surface area contributed by atoms with Crippen LogP contribution in [-0.2, 0) is 19.1 Å². The number of amides is 1. The van der Waals surface area contributed by atoms with Crippen molar-refractivity contribution in [3.8, 4) is 0 Å². The van der Waals surface area contributed by atoms with E-state index in [1.54, 1.807) is 0 Å². The van der Waals surface area contributed by atoms with Crippen molar-refractivity contribution < 1.29 is 34.4 Å². The number of nitrogens with one attached hydrogen (secondary N) is 2. The lowest BCUT2D eigenvalue weighted by atomic mass is 9.86. The van der Waals surface area contributed by atoms with E-state index in [1.165, 1.54) is 0 Å². The molecule has 6 rings (SSSR count). The first-order valence-corrected chi connectivity index (χ1v) is 18.0. The number of allylic oxidation sites excluding steroid dienone is 11. The number of fused-ring (bicyclic) bond motifs is 5. The van der Waals surface area contributed by atoms with E-state index in [0.29, 0.717) is 12.8 Å². The molecule has 0 spiro atoms. The number of ether oxygens (including phenoxy) is 1. The maximum atomic E-state index is 13.0. The van der Waals surface area contributed by atoms with Gasteiger partial charge in [-0.1, -0.05) is 13.8 Å². The van der Waals surface area contributed by atoms with E-state index in [2.05, 4.69) is 31.4 Å². The summed E-state index contributed by atoms with van der Waals surface area (Å²) < 4.78 is 6.01. The van der Waals surface area contributed by atoms with Crippen LogP contribution in [0.1, 0.15) is 80.1 Å². The van der Waals surface area contributed by atoms with Crippen molar-refractivity contribution >= 4 is 34.8 Å². The average molecular weight is 710 g/mol. The maximum Gasteiger partial charge on any atom is 0.303 e. The molecular weight excluding hydrogens is 662 g/mol. The largest absolute Gasteiger partial charge is 0.511 e. The molecule has 1 fully saturated rings. The molecule has 0 aromatic rings. The Morgan fingerprint density at radius 2 is 1.73 bits per heavy atom. The van der Waals surface area contributed by atoms with Crippen LogP contribution in [0.3, 0.4) is 0 Å². The Balaban J connectivity index is 1.43. The summed E-state index contributed by atoms with van der Waals surface area (Å²) in [5, 5.41) is 36.1. The summed E-state index contributed by atoms with van der Waals surface area (Å²) in [6.45, 7) is 12.1. The van der Waals surface area contributed by atoms with E-state index in [4.69, 9.17) is 24.8 Å². The van der Waals surface area contributed by atoms with Crippen LogP contribution in [-0.4, -0.2) is 76.0 Å². The Hall–Kier alpha value is -4.94. The summed E-state index contributed by atoms with van der Waals surface area (Å²) in [6, 6.07) is 0. The van der Waals surface area contributed by atoms with Crippen molar-refractivity contribution in [2.75, 3.05) is 19.8 Å². The van der Waals surface area contributed by atoms with E-state index < -0.39 is 5.97 Å². The van der Waals surface area contributed by atoms with Gasteiger partial charge in [0.05, 0.1) is 66.5 Å². The van der Waals surface area contributed by atoms with Crippen LogP contribution in [0.2, 0.25) is 0 Å². The molecule has 0 saturated carbocycles. The molecule has 1 saturated heterocycles. The Kier molecular flexibility index (Phi) is 10.6. The summed E-state index contributed by atoms with van der Waals surface area (Å²) in [7, 11) is 0. The second kappa shape index (κ2) is 15.0. The normalized spacial score (nSPS) is 22.8. The second-order valence-electron chi connectivity index (χ2n) is 14.0. The smallest absolute Gasteiger partial charge is 0.303 e. The number of Topliss-reactive ketones (excluding diaryl/α,β-unsaturated/α-hetero) is 1. The van der Waals surface area contributed by atoms with Gasteiger partial charge in [0.25, 0.3) is 0 Å². The van der Waals surface area contributed by atoms with Gasteiger partial charge in [0.2, 0.25) is 5.91 Å². The van der Waals surface area contributed by atoms with Gasteiger partial charge in [-0.15, -0.1) is 0 Å². The summed E-state index contributed by atoms with van der Waals surface area (Å²) in [6.07, 6.45) is 6.97. The molecule has 52 heavy (non-hydrogen) atoms. The van der Waals surface area contributed by atoms with Crippen LogP contribution in [0.4, 0.5) is 0 Å². The highest BCUT2D eigenvalue weighted by atomic mass is 16.5. The van der Waals surface area contributed by atoms with Gasteiger partial charge < -0.3 is 30.7 Å². The topological polar surface area (TPSA) is 182 Å². The van der Waals surface area contributed by atoms with Gasteiger partial charge >= 0.3 is 5.97 Å². The van der Waals surface area contributed by atoms with Gasteiger partial charge in [0, 0.05) is 59.2 Å². The number of aliphatic hydroxyl groups excluding tert-OH is 2. The number of aliphatic imine (C=N–C) groups is 3. The number of ketones is 1. The fraction of sp³-hybridized carbons (Fsp3) is 0.450. The fourth-order valence-electron chi connectivity index (χ4n) is 7.86. The lowest BCUT2D eigenvalue weighted by Crippen LogP contribution is -2.30. The lowest BCUT2D eigenvalue weighted by molar-refractivity contribution is -0.138. The Morgan fingerprint density at radius 1 is 1.00 bits per heavy atom. The Labute approximate surface area is 303 Å². The highest BCUT2D eigenvalue weighted by Crippen LogP contribution is 2.46. The fourth-order valence-corrected chi connectivity index (χ4v) is 7.86. The number of hydrogen-bond acceptors (Lipinski definition) is 10. The zero-order valence-corrected chi connectivity index (χ0v) is 30.6. The molecule has 12 heteroatoms. The standard InChI is InChI=1S/C40H47N5O7/c1-7-25-19(2)28-17-33-37(23(6)52-13-12-46)21(4)30(43-33)15-29-20(3)26(9-10-35(49)41-18-24(47)8-11-36(50)51)39(44-29)27-14-34(48)38-22(5)31(45-40(27)38)16-32(25)42-28/h15-17,20,23,26,44,46,48H,7-14,18H2,1-6H3,(H,41,49)(H,50,51)/t20-,23?,26-/m0/s1. The van der Waals surface area contributed by atoms with Crippen molar-refractivity contribution in [2.24, 2.45) is 26.8 Å². The number of carboxylic acids is 1. The summed E-state index contributed by atoms with van der Waals surface area (Å²) in [4.78, 5) is 51.2. The molecule has 0 aromatic heterocycles. The Bertz CT molecular complexity index is 1990. The molecule has 274 valence electrons. The first-order chi connectivity index (χ1) is 24.8. The van der Waals surface area contributed by atoms with Crippen molar-refractivity contribution in [1.82, 2.24) is 10.6 Å². The third-order valence-corrected chi connectivity index (χ3v) is 10.7. The van der Waals surface area contributed by atoms with Gasteiger partial charge in [-0.3, -0.25) is 14.4 Å². The van der Waals surface area contributed by atoms with E-state index in [0.717, 1.165) is 91.1 Å². The van der Waals surface area contributed by atoms with Gasteiger partial charge in [-0.05, 0) is 81.1 Å². The molecule has 1 amide bonds. The van der Waals surface area contributed by atoms with E-state index in [1.807, 2.05) is 39.0 Å². The molecule has 6 aliphatic rings. The van der Waals surface area contributed by atoms with Gasteiger partial charge in [0.15, 0.2) is 5.78 Å². The number of carbonyl (C=O) groups is 3. The number of aliphatic hydroxyl groups is 2. The van der Waals surface area contributed by atoms with E-state index >= 15 is 0 Å². The zero-order chi connectivity index (χ0) is 37.4. The lowest BCUT2D eigenvalue weighted by Gasteiger charge is -2.18. The molecule has 8 bridgehead atoms. The third kappa shape index (κ3) is 6.97. The van der Waals surface area contributed by atoms with Crippen LogP contribution < -0.4 is 10.6 Å². The first-order valence-electron chi connectivity index (χ1n) is 18.0. The van der Waals surface area contributed by atoms with Crippen molar-refractivity contribution in [3.05, 3.63) is 91.5 Å². The van der Waals surface area contributed by atoms with Crippen LogP contribution in [0, 0.1) is 11.8 Å². The van der Waals surface area contributed by atoms with Gasteiger partial charge in [0.1, 0.15) is 5.76 Å². The minimum Gasteiger partial charge on any atom is -0.511 e. The number of aliphatic carboxylic acids is 1. The molecule has 3 atom stereocenters. The highest BCUT2D eigenvalue weighted by Gasteiger charge is 2.41. The maximum absolute atomic E-state index is 13.0. The number of nitrogens with zero attached hydrogens (tertiary/aromatic N) is 3. The predicted octanol–water partition coefficient (Wildman–Crippen LogP) is 5.39. The van der Waals surface area contributed by atoms with Gasteiger partial charge in [-0.2, -0.15) is 0 Å². The molecule has 5 N–H and O–H groups in total. The summed E-state index contributed by atoms with van der Waals surface area (Å²) in [5.74, 6) is -1.65. The number of hydrogen-bond donors (Lipinski definition) is 5. The number of carbonyl (C=O) groups excluding carboxylic acids is 2. The SMILES string of the molecule is CCC1=C(C)C2=NC1=CC1=C(C)C3=C(O)CC(=C4NC(=CC5=NC(=C2)C(C(C)OCCO)=C5C)[C@@H](C)[C@@H]4CCC(=O)NCC(=O)CCC(=O)O)C3=N1. The highest BCUT2D eigenvalue weighted by molar-refractivity contribution is 6.21. The predicted molar refractivity (Wildman–Crippen MR) is 199 cm³/mol. The zero-order valence-electron chi connectivity index (χ0n) is 30.6. The van der Waals surface area contributed by atoms with Crippen LogP contribution in [0.15, 0.2) is 106 Å². The minimum absolute atomic E-state index is 0.0697. The molecule has 1 aliphatic carbocycles. The quantitative estimate of drug-likeness (QED) is 0.169. The Morgan fingerprint density at radius 3 is 2.44 bits per heavy atom. The van der Waals surface area contributed by atoms with Crippen LogP contribution in [0.5, 0.6) is 0 Å².